The van der Waals surface area contributed by atoms with Crippen LogP contribution in [0.25, 0.3) is 11.1 Å². The molecule has 0 bridgehead atoms. The fourth-order valence-corrected chi connectivity index (χ4v) is 2.42. The first-order chi connectivity index (χ1) is 7.88. The van der Waals surface area contributed by atoms with Crippen LogP contribution in [0.3, 0.4) is 0 Å². The van der Waals surface area contributed by atoms with Crippen LogP contribution in [0.4, 0.5) is 0 Å². The van der Waals surface area contributed by atoms with Crippen LogP contribution in [-0.4, -0.2) is 23.6 Å². The Labute approximate surface area is 94.2 Å². The number of hydrogen-bond acceptors (Lipinski definition) is 4. The Morgan fingerprint density at radius 2 is 2.50 bits per heavy atom. The lowest BCUT2D eigenvalue weighted by molar-refractivity contribution is 0.190. The number of furan rings is 1. The van der Waals surface area contributed by atoms with Gasteiger partial charge in [0.2, 0.25) is 0 Å². The molecule has 1 N–H and O–H groups in total. The SMILES string of the molecule is CNN1CCC[C@H]1c1cnc2ccoc2c1. The van der Waals surface area contributed by atoms with Crippen molar-refractivity contribution in [3.05, 3.63) is 30.2 Å². The van der Waals surface area contributed by atoms with Gasteiger partial charge < -0.3 is 4.42 Å². The lowest BCUT2D eigenvalue weighted by Gasteiger charge is -2.23. The average Bonchev–Trinajstić information content (AvgIpc) is 2.96. The molecule has 0 radical (unpaired) electrons. The second kappa shape index (κ2) is 3.88. The van der Waals surface area contributed by atoms with Crippen molar-refractivity contribution in [1.82, 2.24) is 15.4 Å². The van der Waals surface area contributed by atoms with Gasteiger partial charge in [0, 0.05) is 18.8 Å². The molecule has 0 aromatic carbocycles. The molecule has 0 saturated carbocycles. The molecule has 1 atom stereocenters. The lowest BCUT2D eigenvalue weighted by atomic mass is 10.1. The summed E-state index contributed by atoms with van der Waals surface area (Å²) in [6.45, 7) is 1.09. The number of aromatic nitrogens is 1. The Morgan fingerprint density at radius 3 is 3.38 bits per heavy atom. The first-order valence-electron chi connectivity index (χ1n) is 5.65. The number of fused-ring (bicyclic) bond motifs is 1. The van der Waals surface area contributed by atoms with E-state index in [-0.39, 0.29) is 0 Å². The summed E-state index contributed by atoms with van der Waals surface area (Å²) in [4.78, 5) is 4.41. The van der Waals surface area contributed by atoms with Gasteiger partial charge in [-0.05, 0) is 31.5 Å². The molecule has 1 fully saturated rings. The zero-order valence-electron chi connectivity index (χ0n) is 9.31. The van der Waals surface area contributed by atoms with E-state index >= 15 is 0 Å². The Morgan fingerprint density at radius 1 is 1.56 bits per heavy atom. The zero-order valence-corrected chi connectivity index (χ0v) is 9.31. The van der Waals surface area contributed by atoms with Crippen LogP contribution < -0.4 is 5.43 Å². The molecule has 1 aliphatic rings. The van der Waals surface area contributed by atoms with Gasteiger partial charge in [-0.3, -0.25) is 10.4 Å². The minimum absolute atomic E-state index is 0.423. The summed E-state index contributed by atoms with van der Waals surface area (Å²) in [5.41, 5.74) is 6.26. The summed E-state index contributed by atoms with van der Waals surface area (Å²) in [7, 11) is 1.97. The minimum Gasteiger partial charge on any atom is -0.463 e. The fraction of sp³-hybridized carbons (Fsp3) is 0.417. The molecule has 1 saturated heterocycles. The Hall–Kier alpha value is -1.39. The normalized spacial score (nSPS) is 21.9. The van der Waals surface area contributed by atoms with Crippen LogP contribution in [-0.2, 0) is 0 Å². The van der Waals surface area contributed by atoms with E-state index in [1.165, 1.54) is 18.4 Å². The Bertz CT molecular complexity index is 494. The van der Waals surface area contributed by atoms with E-state index in [2.05, 4.69) is 21.5 Å². The number of nitrogens with one attached hydrogen (secondary N) is 1. The number of nitrogens with zero attached hydrogens (tertiary/aromatic N) is 2. The first kappa shape index (κ1) is 9.81. The average molecular weight is 217 g/mol. The standard InChI is InChI=1S/C12H15N3O/c1-13-15-5-2-3-11(15)9-7-12-10(14-8-9)4-6-16-12/h4,6-8,11,13H,2-3,5H2,1H3/t11-/m0/s1. The molecule has 16 heavy (non-hydrogen) atoms. The number of hydrazine groups is 1. The quantitative estimate of drug-likeness (QED) is 0.836. The van der Waals surface area contributed by atoms with Crippen molar-refractivity contribution in [2.24, 2.45) is 0 Å². The molecule has 84 valence electrons. The monoisotopic (exact) mass is 217 g/mol. The van der Waals surface area contributed by atoms with Crippen molar-refractivity contribution in [3.63, 3.8) is 0 Å². The highest BCUT2D eigenvalue weighted by Crippen LogP contribution is 2.31. The van der Waals surface area contributed by atoms with E-state index in [1.54, 1.807) is 6.26 Å². The van der Waals surface area contributed by atoms with Gasteiger partial charge in [0.1, 0.15) is 5.52 Å². The third kappa shape index (κ3) is 1.50. The lowest BCUT2D eigenvalue weighted by Crippen LogP contribution is -2.34. The van der Waals surface area contributed by atoms with Crippen LogP contribution in [0.15, 0.2) is 29.0 Å². The van der Waals surface area contributed by atoms with Crippen molar-refractivity contribution in [2.75, 3.05) is 13.6 Å². The van der Waals surface area contributed by atoms with Crippen molar-refractivity contribution in [3.8, 4) is 0 Å². The summed E-state index contributed by atoms with van der Waals surface area (Å²) in [5, 5.41) is 2.26. The van der Waals surface area contributed by atoms with Gasteiger partial charge >= 0.3 is 0 Å². The maximum atomic E-state index is 5.39. The van der Waals surface area contributed by atoms with Gasteiger partial charge in [0.05, 0.1) is 12.3 Å². The molecule has 1 aliphatic heterocycles. The minimum atomic E-state index is 0.423. The molecule has 4 heteroatoms. The van der Waals surface area contributed by atoms with Gasteiger partial charge in [0.25, 0.3) is 0 Å². The summed E-state index contributed by atoms with van der Waals surface area (Å²) >= 11 is 0. The summed E-state index contributed by atoms with van der Waals surface area (Å²) < 4.78 is 5.39. The number of hydrogen-bond donors (Lipinski definition) is 1. The molecule has 0 spiro atoms. The van der Waals surface area contributed by atoms with E-state index in [9.17, 15) is 0 Å². The smallest absolute Gasteiger partial charge is 0.152 e. The molecule has 4 nitrogen and oxygen atoms in total. The van der Waals surface area contributed by atoms with Crippen LogP contribution in [0.5, 0.6) is 0 Å². The van der Waals surface area contributed by atoms with Gasteiger partial charge in [-0.2, -0.15) is 0 Å². The van der Waals surface area contributed by atoms with E-state index in [4.69, 9.17) is 4.42 Å². The molecular weight excluding hydrogens is 202 g/mol. The Kier molecular flexibility index (Phi) is 2.38. The van der Waals surface area contributed by atoms with Crippen LogP contribution >= 0.6 is 0 Å². The van der Waals surface area contributed by atoms with Crippen LogP contribution in [0.2, 0.25) is 0 Å². The van der Waals surface area contributed by atoms with Gasteiger partial charge in [0.15, 0.2) is 5.58 Å². The highest BCUT2D eigenvalue weighted by Gasteiger charge is 2.25. The van der Waals surface area contributed by atoms with E-state index in [1.807, 2.05) is 19.3 Å². The van der Waals surface area contributed by atoms with Crippen LogP contribution in [0.1, 0.15) is 24.4 Å². The summed E-state index contributed by atoms with van der Waals surface area (Å²) in [6.07, 6.45) is 6.04. The Balaban J connectivity index is 1.98. The molecule has 0 unspecified atom stereocenters. The number of pyridine rings is 1. The third-order valence-electron chi connectivity index (χ3n) is 3.25. The molecule has 2 aromatic rings. The fourth-order valence-electron chi connectivity index (χ4n) is 2.42. The van der Waals surface area contributed by atoms with Crippen LogP contribution in [0, 0.1) is 0 Å². The van der Waals surface area contributed by atoms with E-state index < -0.39 is 0 Å². The molecule has 2 aromatic heterocycles. The van der Waals surface area contributed by atoms with Gasteiger partial charge in [-0.15, -0.1) is 0 Å². The second-order valence-corrected chi connectivity index (χ2v) is 4.15. The summed E-state index contributed by atoms with van der Waals surface area (Å²) in [5.74, 6) is 0. The number of rotatable bonds is 2. The van der Waals surface area contributed by atoms with Gasteiger partial charge in [-0.1, -0.05) is 0 Å². The third-order valence-corrected chi connectivity index (χ3v) is 3.25. The van der Waals surface area contributed by atoms with E-state index in [0.717, 1.165) is 17.6 Å². The molecule has 0 aliphatic carbocycles. The van der Waals surface area contributed by atoms with E-state index in [0.29, 0.717) is 6.04 Å². The molecular formula is C12H15N3O. The maximum absolute atomic E-state index is 5.39. The molecule has 3 rings (SSSR count). The topological polar surface area (TPSA) is 41.3 Å². The summed E-state index contributed by atoms with van der Waals surface area (Å²) in [6, 6.07) is 4.42. The van der Waals surface area contributed by atoms with Crippen molar-refractivity contribution in [2.45, 2.75) is 18.9 Å². The first-order valence-corrected chi connectivity index (χ1v) is 5.65. The van der Waals surface area contributed by atoms with Crippen molar-refractivity contribution in [1.29, 1.82) is 0 Å². The molecule has 0 amide bonds. The zero-order chi connectivity index (χ0) is 11.0. The predicted molar refractivity (Wildman–Crippen MR) is 61.7 cm³/mol. The van der Waals surface area contributed by atoms with Gasteiger partial charge in [-0.25, -0.2) is 5.01 Å². The highest BCUT2D eigenvalue weighted by atomic mass is 16.3. The second-order valence-electron chi connectivity index (χ2n) is 4.15. The highest BCUT2D eigenvalue weighted by molar-refractivity contribution is 5.72. The largest absolute Gasteiger partial charge is 0.463 e. The molecule has 3 heterocycles. The maximum Gasteiger partial charge on any atom is 0.152 e. The van der Waals surface area contributed by atoms with Crippen molar-refractivity contribution < 1.29 is 4.42 Å². The predicted octanol–water partition coefficient (Wildman–Crippen LogP) is 2.10. The van der Waals surface area contributed by atoms with Crippen molar-refractivity contribution >= 4 is 11.1 Å².